The van der Waals surface area contributed by atoms with Crippen LogP contribution >= 0.6 is 11.6 Å². The molecule has 0 saturated heterocycles. The highest BCUT2D eigenvalue weighted by atomic mass is 35.5. The molecule has 0 spiro atoms. The van der Waals surface area contributed by atoms with Gasteiger partial charge in [-0.05, 0) is 6.07 Å². The van der Waals surface area contributed by atoms with E-state index < -0.39 is 16.6 Å². The number of rotatable bonds is 4. The Bertz CT molecular complexity index is 669. The third-order valence-electron chi connectivity index (χ3n) is 2.17. The molecule has 0 aliphatic carbocycles. The number of aromatic nitrogens is 2. The number of anilines is 1. The molecule has 1 heterocycles. The van der Waals surface area contributed by atoms with E-state index in [1.807, 2.05) is 0 Å². The van der Waals surface area contributed by atoms with E-state index in [1.54, 1.807) is 0 Å². The quantitative estimate of drug-likeness (QED) is 0.505. The molecule has 0 unspecified atom stereocenters. The second-order valence-corrected chi connectivity index (χ2v) is 3.87. The molecule has 1 aromatic carbocycles. The minimum atomic E-state index is -0.821. The fourth-order valence-corrected chi connectivity index (χ4v) is 1.54. The fourth-order valence-electron chi connectivity index (χ4n) is 1.30. The molecule has 3 N–H and O–H groups in total. The number of nitro groups is 1. The SMILES string of the molecule is NNc1ncc(F)c(Oc2ccc([N+](=O)[O-])c(Cl)c2)n1. The molecule has 0 bridgehead atoms. The number of nitrogen functional groups attached to an aromatic ring is 1. The zero-order chi connectivity index (χ0) is 14.7. The van der Waals surface area contributed by atoms with Crippen LogP contribution in [0.4, 0.5) is 16.0 Å². The van der Waals surface area contributed by atoms with Crippen molar-refractivity contribution in [3.63, 3.8) is 0 Å². The number of hydrogen-bond donors (Lipinski definition) is 2. The molecule has 10 heteroatoms. The van der Waals surface area contributed by atoms with Crippen LogP contribution in [0.5, 0.6) is 11.6 Å². The number of nitrogens with one attached hydrogen (secondary N) is 1. The third-order valence-corrected chi connectivity index (χ3v) is 2.47. The van der Waals surface area contributed by atoms with Gasteiger partial charge >= 0.3 is 0 Å². The van der Waals surface area contributed by atoms with Gasteiger partial charge in [0.2, 0.25) is 11.8 Å². The van der Waals surface area contributed by atoms with Crippen LogP contribution in [0.25, 0.3) is 0 Å². The van der Waals surface area contributed by atoms with Crippen molar-refractivity contribution >= 4 is 23.2 Å². The first-order valence-corrected chi connectivity index (χ1v) is 5.50. The number of ether oxygens (including phenoxy) is 1. The Labute approximate surface area is 116 Å². The van der Waals surface area contributed by atoms with Crippen LogP contribution in [0, 0.1) is 15.9 Å². The minimum absolute atomic E-state index is 0.0468. The average Bonchev–Trinajstić information content (AvgIpc) is 2.41. The van der Waals surface area contributed by atoms with Crippen molar-refractivity contribution in [3.05, 3.63) is 45.4 Å². The van der Waals surface area contributed by atoms with Crippen molar-refractivity contribution in [2.24, 2.45) is 5.84 Å². The number of nitrogens with zero attached hydrogens (tertiary/aromatic N) is 3. The van der Waals surface area contributed by atoms with Crippen LogP contribution in [0.3, 0.4) is 0 Å². The first-order chi connectivity index (χ1) is 9.51. The van der Waals surface area contributed by atoms with Crippen LogP contribution in [-0.2, 0) is 0 Å². The Hall–Kier alpha value is -2.52. The Morgan fingerprint density at radius 3 is 2.85 bits per heavy atom. The van der Waals surface area contributed by atoms with Gasteiger partial charge in [0.05, 0.1) is 11.1 Å². The molecular formula is C10H7ClFN5O3. The van der Waals surface area contributed by atoms with Crippen molar-refractivity contribution in [3.8, 4) is 11.6 Å². The molecule has 0 saturated carbocycles. The van der Waals surface area contributed by atoms with Gasteiger partial charge < -0.3 is 4.74 Å². The highest BCUT2D eigenvalue weighted by molar-refractivity contribution is 6.32. The maximum atomic E-state index is 13.4. The maximum Gasteiger partial charge on any atom is 0.288 e. The van der Waals surface area contributed by atoms with Crippen molar-refractivity contribution in [2.75, 3.05) is 5.43 Å². The highest BCUT2D eigenvalue weighted by Crippen LogP contribution is 2.31. The second-order valence-electron chi connectivity index (χ2n) is 3.46. The number of benzene rings is 1. The molecule has 1 aromatic heterocycles. The van der Waals surface area contributed by atoms with Crippen LogP contribution in [-0.4, -0.2) is 14.9 Å². The largest absolute Gasteiger partial charge is 0.436 e. The van der Waals surface area contributed by atoms with Gasteiger partial charge in [-0.2, -0.15) is 9.37 Å². The van der Waals surface area contributed by atoms with Gasteiger partial charge in [-0.3, -0.25) is 15.5 Å². The molecule has 20 heavy (non-hydrogen) atoms. The summed E-state index contributed by atoms with van der Waals surface area (Å²) in [5, 5.41) is 10.5. The molecule has 2 rings (SSSR count). The maximum absolute atomic E-state index is 13.4. The van der Waals surface area contributed by atoms with E-state index in [-0.39, 0.29) is 22.4 Å². The Balaban J connectivity index is 2.30. The summed E-state index contributed by atoms with van der Waals surface area (Å²) in [6.07, 6.45) is 0.866. The molecule has 104 valence electrons. The zero-order valence-corrected chi connectivity index (χ0v) is 10.5. The molecule has 2 aromatic rings. The van der Waals surface area contributed by atoms with E-state index in [9.17, 15) is 14.5 Å². The summed E-state index contributed by atoms with van der Waals surface area (Å²) in [7, 11) is 0. The summed E-state index contributed by atoms with van der Waals surface area (Å²) in [5.74, 6) is 3.92. The lowest BCUT2D eigenvalue weighted by Crippen LogP contribution is -2.11. The lowest BCUT2D eigenvalue weighted by molar-refractivity contribution is -0.384. The number of nitro benzene ring substituents is 1. The van der Waals surface area contributed by atoms with E-state index in [0.29, 0.717) is 0 Å². The van der Waals surface area contributed by atoms with E-state index >= 15 is 0 Å². The van der Waals surface area contributed by atoms with E-state index in [1.165, 1.54) is 12.1 Å². The average molecular weight is 300 g/mol. The summed E-state index contributed by atoms with van der Waals surface area (Å²) in [6, 6.07) is 3.58. The van der Waals surface area contributed by atoms with Crippen molar-refractivity contribution in [1.82, 2.24) is 9.97 Å². The van der Waals surface area contributed by atoms with Crippen LogP contribution in [0.1, 0.15) is 0 Å². The lowest BCUT2D eigenvalue weighted by atomic mass is 10.3. The highest BCUT2D eigenvalue weighted by Gasteiger charge is 2.15. The van der Waals surface area contributed by atoms with Gasteiger partial charge in [-0.25, -0.2) is 10.8 Å². The normalized spacial score (nSPS) is 10.2. The van der Waals surface area contributed by atoms with Crippen LogP contribution < -0.4 is 16.0 Å². The first kappa shape index (κ1) is 13.9. The van der Waals surface area contributed by atoms with Crippen molar-refractivity contribution < 1.29 is 14.1 Å². The second kappa shape index (κ2) is 5.63. The van der Waals surface area contributed by atoms with Crippen LogP contribution in [0.15, 0.2) is 24.4 Å². The smallest absolute Gasteiger partial charge is 0.288 e. The zero-order valence-electron chi connectivity index (χ0n) is 9.71. The number of nitrogens with two attached hydrogens (primary N) is 1. The lowest BCUT2D eigenvalue weighted by Gasteiger charge is -2.07. The molecule has 0 aliphatic rings. The van der Waals surface area contributed by atoms with E-state index in [0.717, 1.165) is 12.3 Å². The Kier molecular flexibility index (Phi) is 3.91. The van der Waals surface area contributed by atoms with Gasteiger partial charge in [0.1, 0.15) is 10.8 Å². The number of halogens is 2. The molecule has 0 atom stereocenters. The predicted molar refractivity (Wildman–Crippen MR) is 68.0 cm³/mol. The Morgan fingerprint density at radius 1 is 1.50 bits per heavy atom. The van der Waals surface area contributed by atoms with Gasteiger partial charge in [0, 0.05) is 12.1 Å². The molecule has 0 radical (unpaired) electrons. The fraction of sp³-hybridized carbons (Fsp3) is 0. The standard InChI is InChI=1S/C10H7ClFN5O3/c11-6-3-5(1-2-8(6)17(18)19)20-9-7(12)4-14-10(15-9)16-13/h1-4H,13H2,(H,14,15,16). The monoisotopic (exact) mass is 299 g/mol. The third kappa shape index (κ3) is 2.90. The summed E-state index contributed by atoms with van der Waals surface area (Å²) >= 11 is 5.71. The predicted octanol–water partition coefficient (Wildman–Crippen LogP) is 2.26. The Morgan fingerprint density at radius 2 is 2.25 bits per heavy atom. The molecule has 0 amide bonds. The number of hydrogen-bond acceptors (Lipinski definition) is 7. The van der Waals surface area contributed by atoms with Gasteiger partial charge in [-0.1, -0.05) is 11.6 Å². The molecule has 8 nitrogen and oxygen atoms in total. The van der Waals surface area contributed by atoms with Crippen molar-refractivity contribution in [1.29, 1.82) is 0 Å². The topological polar surface area (TPSA) is 116 Å². The van der Waals surface area contributed by atoms with Gasteiger partial charge in [0.15, 0.2) is 0 Å². The van der Waals surface area contributed by atoms with E-state index in [2.05, 4.69) is 15.4 Å². The van der Waals surface area contributed by atoms with Crippen molar-refractivity contribution in [2.45, 2.75) is 0 Å². The molecule has 0 aliphatic heterocycles. The molecular weight excluding hydrogens is 293 g/mol. The summed E-state index contributed by atoms with van der Waals surface area (Å²) in [4.78, 5) is 17.1. The van der Waals surface area contributed by atoms with Gasteiger partial charge in [-0.15, -0.1) is 0 Å². The van der Waals surface area contributed by atoms with Crippen LogP contribution in [0.2, 0.25) is 5.02 Å². The van der Waals surface area contributed by atoms with E-state index in [4.69, 9.17) is 22.2 Å². The summed E-state index contributed by atoms with van der Waals surface area (Å²) in [5.41, 5.74) is 1.85. The first-order valence-electron chi connectivity index (χ1n) is 5.12. The summed E-state index contributed by atoms with van der Waals surface area (Å²) in [6.45, 7) is 0. The number of hydrazine groups is 1. The minimum Gasteiger partial charge on any atom is -0.436 e. The van der Waals surface area contributed by atoms with Gasteiger partial charge in [0.25, 0.3) is 11.6 Å². The summed E-state index contributed by atoms with van der Waals surface area (Å²) < 4.78 is 18.6. The molecule has 0 fully saturated rings.